The quantitative estimate of drug-likeness (QED) is 0.789. The van der Waals surface area contributed by atoms with Crippen LogP contribution in [0.4, 0.5) is 5.69 Å². The summed E-state index contributed by atoms with van der Waals surface area (Å²) in [5.41, 5.74) is 2.91. The van der Waals surface area contributed by atoms with Crippen molar-refractivity contribution < 1.29 is 0 Å². The van der Waals surface area contributed by atoms with E-state index < -0.39 is 0 Å². The minimum absolute atomic E-state index is 0.219. The summed E-state index contributed by atoms with van der Waals surface area (Å²) >= 11 is 0. The zero-order valence-electron chi connectivity index (χ0n) is 11.6. The fourth-order valence-electron chi connectivity index (χ4n) is 3.01. The molecule has 0 amide bonds. The fourth-order valence-corrected chi connectivity index (χ4v) is 3.01. The summed E-state index contributed by atoms with van der Waals surface area (Å²) in [5, 5.41) is 8.91. The number of hydrogen-bond donors (Lipinski definition) is 0. The van der Waals surface area contributed by atoms with Crippen molar-refractivity contribution in [2.75, 3.05) is 18.0 Å². The Morgan fingerprint density at radius 2 is 2.11 bits per heavy atom. The SMILES string of the molecule is Cc1ccccc1N1CCC(CC#N)C(C)(C)C1. The molecule has 1 fully saturated rings. The number of hydrogen-bond acceptors (Lipinski definition) is 2. The van der Waals surface area contributed by atoms with Crippen LogP contribution in [-0.2, 0) is 0 Å². The lowest BCUT2D eigenvalue weighted by molar-refractivity contribution is 0.179. The van der Waals surface area contributed by atoms with E-state index in [1.807, 2.05) is 0 Å². The molecular weight excluding hydrogens is 220 g/mol. The van der Waals surface area contributed by atoms with Crippen molar-refractivity contribution in [3.8, 4) is 6.07 Å². The average molecular weight is 242 g/mol. The second-order valence-corrected chi connectivity index (χ2v) is 6.04. The van der Waals surface area contributed by atoms with Gasteiger partial charge in [0.05, 0.1) is 6.07 Å². The van der Waals surface area contributed by atoms with Crippen LogP contribution in [0.25, 0.3) is 0 Å². The van der Waals surface area contributed by atoms with Gasteiger partial charge in [-0.2, -0.15) is 5.26 Å². The lowest BCUT2D eigenvalue weighted by atomic mass is 9.72. The van der Waals surface area contributed by atoms with Crippen LogP contribution in [0.15, 0.2) is 24.3 Å². The molecule has 0 bridgehead atoms. The molecule has 1 aliphatic heterocycles. The third-order valence-corrected chi connectivity index (χ3v) is 4.24. The molecule has 18 heavy (non-hydrogen) atoms. The van der Waals surface area contributed by atoms with E-state index >= 15 is 0 Å². The van der Waals surface area contributed by atoms with E-state index in [4.69, 9.17) is 5.26 Å². The van der Waals surface area contributed by atoms with E-state index in [0.29, 0.717) is 12.3 Å². The lowest BCUT2D eigenvalue weighted by Gasteiger charge is -2.45. The Morgan fingerprint density at radius 3 is 2.72 bits per heavy atom. The third-order valence-electron chi connectivity index (χ3n) is 4.24. The number of rotatable bonds is 2. The Hall–Kier alpha value is -1.49. The molecule has 1 heterocycles. The number of benzene rings is 1. The molecular formula is C16H22N2. The Morgan fingerprint density at radius 1 is 1.39 bits per heavy atom. The van der Waals surface area contributed by atoms with Crippen molar-refractivity contribution in [1.29, 1.82) is 5.26 Å². The maximum atomic E-state index is 8.91. The van der Waals surface area contributed by atoms with Crippen LogP contribution in [0, 0.1) is 29.6 Å². The van der Waals surface area contributed by atoms with E-state index in [9.17, 15) is 0 Å². The summed E-state index contributed by atoms with van der Waals surface area (Å²) in [6, 6.07) is 10.9. The van der Waals surface area contributed by atoms with Gasteiger partial charge in [0.25, 0.3) is 0 Å². The number of nitrogens with zero attached hydrogens (tertiary/aromatic N) is 2. The predicted molar refractivity (Wildman–Crippen MR) is 75.5 cm³/mol. The molecule has 0 radical (unpaired) electrons. The van der Waals surface area contributed by atoms with Crippen LogP contribution in [0.2, 0.25) is 0 Å². The molecule has 1 aromatic rings. The predicted octanol–water partition coefficient (Wildman–Crippen LogP) is 3.76. The molecule has 0 N–H and O–H groups in total. The monoisotopic (exact) mass is 242 g/mol. The number of anilines is 1. The summed E-state index contributed by atoms with van der Waals surface area (Å²) in [7, 11) is 0. The topological polar surface area (TPSA) is 27.0 Å². The zero-order chi connectivity index (χ0) is 13.2. The Kier molecular flexibility index (Phi) is 3.61. The zero-order valence-corrected chi connectivity index (χ0v) is 11.6. The third kappa shape index (κ3) is 2.51. The smallest absolute Gasteiger partial charge is 0.0624 e. The highest BCUT2D eigenvalue weighted by Gasteiger charge is 2.35. The molecule has 0 spiro atoms. The van der Waals surface area contributed by atoms with Crippen LogP contribution in [0.3, 0.4) is 0 Å². The first-order chi connectivity index (χ1) is 8.54. The molecule has 1 aromatic carbocycles. The molecule has 2 rings (SSSR count). The van der Waals surface area contributed by atoms with Gasteiger partial charge < -0.3 is 4.90 Å². The first kappa shape index (κ1) is 13.0. The van der Waals surface area contributed by atoms with Crippen molar-refractivity contribution in [2.24, 2.45) is 11.3 Å². The van der Waals surface area contributed by atoms with Crippen molar-refractivity contribution >= 4 is 5.69 Å². The molecule has 1 aliphatic rings. The second kappa shape index (κ2) is 5.02. The van der Waals surface area contributed by atoms with Gasteiger partial charge in [-0.3, -0.25) is 0 Å². The normalized spacial score (nSPS) is 22.6. The standard InChI is InChI=1S/C16H22N2/c1-13-6-4-5-7-15(13)18-11-9-14(8-10-17)16(2,3)12-18/h4-7,14H,8-9,11-12H2,1-3H3. The van der Waals surface area contributed by atoms with E-state index in [0.717, 1.165) is 19.5 Å². The van der Waals surface area contributed by atoms with Gasteiger partial charge in [-0.1, -0.05) is 32.0 Å². The van der Waals surface area contributed by atoms with Crippen LogP contribution in [0.5, 0.6) is 0 Å². The van der Waals surface area contributed by atoms with Crippen molar-refractivity contribution in [1.82, 2.24) is 0 Å². The van der Waals surface area contributed by atoms with Gasteiger partial charge in [0, 0.05) is 25.2 Å². The largest absolute Gasteiger partial charge is 0.371 e. The minimum atomic E-state index is 0.219. The molecule has 0 saturated carbocycles. The van der Waals surface area contributed by atoms with E-state index in [2.05, 4.69) is 56.0 Å². The number of nitriles is 1. The lowest BCUT2D eigenvalue weighted by Crippen LogP contribution is -2.46. The van der Waals surface area contributed by atoms with Crippen LogP contribution < -0.4 is 4.90 Å². The maximum absolute atomic E-state index is 8.91. The van der Waals surface area contributed by atoms with Gasteiger partial charge in [0.2, 0.25) is 0 Å². The van der Waals surface area contributed by atoms with Gasteiger partial charge in [-0.15, -0.1) is 0 Å². The summed E-state index contributed by atoms with van der Waals surface area (Å²) in [5.74, 6) is 0.530. The highest BCUT2D eigenvalue weighted by molar-refractivity contribution is 5.53. The molecule has 1 saturated heterocycles. The highest BCUT2D eigenvalue weighted by atomic mass is 15.1. The summed E-state index contributed by atoms with van der Waals surface area (Å²) in [6.07, 6.45) is 1.81. The van der Waals surface area contributed by atoms with E-state index in [-0.39, 0.29) is 5.41 Å². The molecule has 1 atom stereocenters. The first-order valence-corrected chi connectivity index (χ1v) is 6.72. The van der Waals surface area contributed by atoms with Crippen molar-refractivity contribution in [2.45, 2.75) is 33.6 Å². The molecule has 96 valence electrons. The van der Waals surface area contributed by atoms with Gasteiger partial charge in [-0.25, -0.2) is 0 Å². The van der Waals surface area contributed by atoms with Gasteiger partial charge in [0.15, 0.2) is 0 Å². The molecule has 2 nitrogen and oxygen atoms in total. The fraction of sp³-hybridized carbons (Fsp3) is 0.562. The van der Waals surface area contributed by atoms with Crippen molar-refractivity contribution in [3.05, 3.63) is 29.8 Å². The number of aryl methyl sites for hydroxylation is 1. The summed E-state index contributed by atoms with van der Waals surface area (Å²) in [6.45, 7) is 8.87. The average Bonchev–Trinajstić information content (AvgIpc) is 2.32. The van der Waals surface area contributed by atoms with Crippen LogP contribution in [0.1, 0.15) is 32.3 Å². The number of piperidine rings is 1. The van der Waals surface area contributed by atoms with Crippen LogP contribution >= 0.6 is 0 Å². The van der Waals surface area contributed by atoms with Gasteiger partial charge in [-0.05, 0) is 36.3 Å². The Balaban J connectivity index is 2.17. The highest BCUT2D eigenvalue weighted by Crippen LogP contribution is 2.39. The molecule has 0 aromatic heterocycles. The Bertz CT molecular complexity index is 456. The van der Waals surface area contributed by atoms with E-state index in [1.165, 1.54) is 11.3 Å². The van der Waals surface area contributed by atoms with Crippen LogP contribution in [-0.4, -0.2) is 13.1 Å². The molecule has 1 unspecified atom stereocenters. The molecule has 2 heteroatoms. The Labute approximate surface area is 110 Å². The maximum Gasteiger partial charge on any atom is 0.0624 e. The van der Waals surface area contributed by atoms with E-state index in [1.54, 1.807) is 0 Å². The van der Waals surface area contributed by atoms with Gasteiger partial charge in [0.1, 0.15) is 0 Å². The number of para-hydroxylation sites is 1. The summed E-state index contributed by atoms with van der Waals surface area (Å²) < 4.78 is 0. The van der Waals surface area contributed by atoms with Crippen molar-refractivity contribution in [3.63, 3.8) is 0 Å². The second-order valence-electron chi connectivity index (χ2n) is 6.04. The summed E-state index contributed by atoms with van der Waals surface area (Å²) in [4.78, 5) is 2.48. The first-order valence-electron chi connectivity index (χ1n) is 6.72. The molecule has 0 aliphatic carbocycles. The van der Waals surface area contributed by atoms with Gasteiger partial charge >= 0.3 is 0 Å². The minimum Gasteiger partial charge on any atom is -0.371 e.